The maximum Gasteiger partial charge on any atom is 0.416 e. The van der Waals surface area contributed by atoms with E-state index in [1.807, 2.05) is 0 Å². The van der Waals surface area contributed by atoms with Gasteiger partial charge in [-0.1, -0.05) is 30.3 Å². The van der Waals surface area contributed by atoms with Crippen LogP contribution in [0, 0.1) is 0 Å². The third-order valence-corrected chi connectivity index (χ3v) is 5.29. The molecule has 0 saturated carbocycles. The van der Waals surface area contributed by atoms with Gasteiger partial charge in [-0.3, -0.25) is 0 Å². The van der Waals surface area contributed by atoms with Crippen LogP contribution in [0.2, 0.25) is 0 Å². The second-order valence-corrected chi connectivity index (χ2v) is 7.40. The van der Waals surface area contributed by atoms with Crippen molar-refractivity contribution in [2.75, 3.05) is 0 Å². The monoisotopic (exact) mass is 396 g/mol. The van der Waals surface area contributed by atoms with E-state index in [9.17, 15) is 21.6 Å². The van der Waals surface area contributed by atoms with Gasteiger partial charge in [0.25, 0.3) is 0 Å². The molecule has 3 rings (SSSR count). The molecule has 1 N–H and O–H groups in total. The molecule has 3 aromatic rings. The Morgan fingerprint density at radius 2 is 1.56 bits per heavy atom. The molecule has 142 valence electrons. The maximum atomic E-state index is 12.7. The molecule has 0 aliphatic rings. The number of nitrogens with one attached hydrogen (secondary N) is 1. The van der Waals surface area contributed by atoms with Crippen LogP contribution in [0.25, 0.3) is 0 Å². The summed E-state index contributed by atoms with van der Waals surface area (Å²) in [4.78, 5) is 1.07. The molecule has 10 heteroatoms. The third-order valence-electron chi connectivity index (χ3n) is 3.80. The topological polar surface area (TPSA) is 76.9 Å². The van der Waals surface area contributed by atoms with Gasteiger partial charge in [0.05, 0.1) is 35.4 Å². The van der Waals surface area contributed by atoms with Crippen LogP contribution in [0.1, 0.15) is 17.2 Å². The van der Waals surface area contributed by atoms with Crippen molar-refractivity contribution >= 4 is 10.0 Å². The molecule has 6 nitrogen and oxygen atoms in total. The minimum atomic E-state index is -4.53. The Morgan fingerprint density at radius 3 is 2.11 bits per heavy atom. The van der Waals surface area contributed by atoms with Gasteiger partial charge in [0.15, 0.2) is 0 Å². The van der Waals surface area contributed by atoms with E-state index < -0.39 is 27.8 Å². The zero-order valence-electron chi connectivity index (χ0n) is 13.8. The summed E-state index contributed by atoms with van der Waals surface area (Å²) >= 11 is 0. The van der Waals surface area contributed by atoms with E-state index in [0.717, 1.165) is 24.3 Å². The Hall–Kier alpha value is -2.72. The SMILES string of the molecule is O=S(=O)(NC(Cn1nccn1)c1ccccc1)c1ccc(C(F)(F)F)cc1. The van der Waals surface area contributed by atoms with E-state index in [1.165, 1.54) is 17.2 Å². The first-order valence-corrected chi connectivity index (χ1v) is 9.33. The van der Waals surface area contributed by atoms with Gasteiger partial charge in [0.1, 0.15) is 0 Å². The zero-order valence-corrected chi connectivity index (χ0v) is 14.7. The van der Waals surface area contributed by atoms with Gasteiger partial charge in [-0.05, 0) is 29.8 Å². The molecule has 1 unspecified atom stereocenters. The van der Waals surface area contributed by atoms with E-state index in [-0.39, 0.29) is 11.4 Å². The summed E-state index contributed by atoms with van der Waals surface area (Å²) in [5.74, 6) is 0. The van der Waals surface area contributed by atoms with Crippen LogP contribution in [0.4, 0.5) is 13.2 Å². The van der Waals surface area contributed by atoms with Crippen LogP contribution in [0.3, 0.4) is 0 Å². The highest BCUT2D eigenvalue weighted by Crippen LogP contribution is 2.30. The van der Waals surface area contributed by atoms with Crippen molar-refractivity contribution in [1.29, 1.82) is 0 Å². The smallest absolute Gasteiger partial charge is 0.207 e. The summed E-state index contributed by atoms with van der Waals surface area (Å²) < 4.78 is 65.9. The van der Waals surface area contributed by atoms with Gasteiger partial charge >= 0.3 is 6.18 Å². The highest BCUT2D eigenvalue weighted by molar-refractivity contribution is 7.89. The Labute approximate surface area is 153 Å². The molecule has 27 heavy (non-hydrogen) atoms. The standard InChI is InChI=1S/C17H15F3N4O2S/c18-17(19,20)14-6-8-15(9-7-14)27(25,26)23-16(12-24-21-10-11-22-24)13-4-2-1-3-5-13/h1-11,16,23H,12H2. The van der Waals surface area contributed by atoms with Crippen molar-refractivity contribution in [3.8, 4) is 0 Å². The Morgan fingerprint density at radius 1 is 0.963 bits per heavy atom. The van der Waals surface area contributed by atoms with Crippen LogP contribution >= 0.6 is 0 Å². The molecule has 2 aromatic carbocycles. The average molecular weight is 396 g/mol. The lowest BCUT2D eigenvalue weighted by atomic mass is 10.1. The minimum Gasteiger partial charge on any atom is -0.207 e. The van der Waals surface area contributed by atoms with Crippen molar-refractivity contribution in [2.45, 2.75) is 23.7 Å². The van der Waals surface area contributed by atoms with Crippen molar-refractivity contribution in [3.63, 3.8) is 0 Å². The lowest BCUT2D eigenvalue weighted by molar-refractivity contribution is -0.137. The number of hydrogen-bond acceptors (Lipinski definition) is 4. The summed E-state index contributed by atoms with van der Waals surface area (Å²) in [5, 5.41) is 7.94. The summed E-state index contributed by atoms with van der Waals surface area (Å²) in [6.07, 6.45) is -1.60. The first-order chi connectivity index (χ1) is 12.8. The van der Waals surface area contributed by atoms with E-state index >= 15 is 0 Å². The van der Waals surface area contributed by atoms with Gasteiger partial charge in [0, 0.05) is 0 Å². The molecule has 0 saturated heterocycles. The number of rotatable bonds is 6. The zero-order chi connectivity index (χ0) is 19.5. The van der Waals surface area contributed by atoms with E-state index in [2.05, 4.69) is 14.9 Å². The summed E-state index contributed by atoms with van der Waals surface area (Å²) in [6, 6.07) is 11.4. The lowest BCUT2D eigenvalue weighted by Gasteiger charge is -2.19. The Kier molecular flexibility index (Phi) is 5.29. The summed E-state index contributed by atoms with van der Waals surface area (Å²) in [6.45, 7) is 0.122. The highest BCUT2D eigenvalue weighted by atomic mass is 32.2. The molecule has 1 atom stereocenters. The van der Waals surface area contributed by atoms with Crippen LogP contribution < -0.4 is 4.72 Å². The normalized spacial score (nSPS) is 13.4. The van der Waals surface area contributed by atoms with Gasteiger partial charge < -0.3 is 0 Å². The molecule has 1 aromatic heterocycles. The van der Waals surface area contributed by atoms with E-state index in [1.54, 1.807) is 30.3 Å². The minimum absolute atomic E-state index is 0.122. The number of aromatic nitrogens is 3. The molecule has 0 aliphatic heterocycles. The van der Waals surface area contributed by atoms with Gasteiger partial charge in [-0.15, -0.1) is 0 Å². The maximum absolute atomic E-state index is 12.7. The second-order valence-electron chi connectivity index (χ2n) is 5.69. The Balaban J connectivity index is 1.87. The number of benzene rings is 2. The molecular weight excluding hydrogens is 381 g/mol. The molecule has 0 spiro atoms. The molecule has 0 fully saturated rings. The third kappa shape index (κ3) is 4.72. The largest absolute Gasteiger partial charge is 0.416 e. The number of sulfonamides is 1. The van der Waals surface area contributed by atoms with Crippen LogP contribution in [-0.2, 0) is 22.7 Å². The van der Waals surface area contributed by atoms with Crippen molar-refractivity contribution in [3.05, 3.63) is 78.1 Å². The van der Waals surface area contributed by atoms with Crippen LogP contribution in [-0.4, -0.2) is 23.4 Å². The highest BCUT2D eigenvalue weighted by Gasteiger charge is 2.31. The Bertz CT molecular complexity index is 973. The summed E-state index contributed by atoms with van der Waals surface area (Å²) in [7, 11) is -4.06. The van der Waals surface area contributed by atoms with Crippen LogP contribution in [0.15, 0.2) is 71.9 Å². The number of halogens is 3. The fraction of sp³-hybridized carbons (Fsp3) is 0.176. The van der Waals surface area contributed by atoms with E-state index in [4.69, 9.17) is 0 Å². The molecule has 0 radical (unpaired) electrons. The molecule has 0 bridgehead atoms. The fourth-order valence-electron chi connectivity index (χ4n) is 2.48. The predicted molar refractivity (Wildman–Crippen MR) is 91.0 cm³/mol. The van der Waals surface area contributed by atoms with Crippen molar-refractivity contribution in [1.82, 2.24) is 19.7 Å². The first kappa shape index (κ1) is 19.1. The number of nitrogens with zero attached hydrogens (tertiary/aromatic N) is 3. The second kappa shape index (κ2) is 7.49. The quantitative estimate of drug-likeness (QED) is 0.695. The summed E-state index contributed by atoms with van der Waals surface area (Å²) in [5.41, 5.74) is -0.243. The van der Waals surface area contributed by atoms with Gasteiger partial charge in [0.2, 0.25) is 10.0 Å². The molecule has 0 aliphatic carbocycles. The van der Waals surface area contributed by atoms with E-state index in [0.29, 0.717) is 5.56 Å². The lowest BCUT2D eigenvalue weighted by Crippen LogP contribution is -2.32. The average Bonchev–Trinajstić information content (AvgIpc) is 3.14. The van der Waals surface area contributed by atoms with Crippen LogP contribution in [0.5, 0.6) is 0 Å². The first-order valence-electron chi connectivity index (χ1n) is 7.84. The van der Waals surface area contributed by atoms with Gasteiger partial charge in [-0.2, -0.15) is 28.2 Å². The number of hydrogen-bond donors (Lipinski definition) is 1. The molecule has 1 heterocycles. The van der Waals surface area contributed by atoms with Gasteiger partial charge in [-0.25, -0.2) is 13.1 Å². The van der Waals surface area contributed by atoms with Crippen molar-refractivity contribution < 1.29 is 21.6 Å². The number of alkyl halides is 3. The van der Waals surface area contributed by atoms with Crippen molar-refractivity contribution in [2.24, 2.45) is 0 Å². The fourth-order valence-corrected chi connectivity index (χ4v) is 3.69. The predicted octanol–water partition coefficient (Wildman–Crippen LogP) is 3.02. The molecule has 0 amide bonds. The molecular formula is C17H15F3N4O2S.